The fraction of sp³-hybridized carbons (Fsp3) is 0.417. The second kappa shape index (κ2) is 3.43. The first-order valence-corrected chi connectivity index (χ1v) is 6.35. The molecule has 1 N–H and O–H groups in total. The Morgan fingerprint density at radius 2 is 2.44 bits per heavy atom. The lowest BCUT2D eigenvalue weighted by Crippen LogP contribution is -2.40. The molecule has 0 spiro atoms. The second-order valence-corrected chi connectivity index (χ2v) is 5.53. The van der Waals surface area contributed by atoms with Crippen molar-refractivity contribution in [1.82, 2.24) is 15.1 Å². The maximum Gasteiger partial charge on any atom is 0.0531 e. The quantitative estimate of drug-likeness (QED) is 0.815. The van der Waals surface area contributed by atoms with Crippen molar-refractivity contribution in [2.45, 2.75) is 18.9 Å². The smallest absolute Gasteiger partial charge is 0.0531 e. The first kappa shape index (κ1) is 10.1. The average molecular weight is 233 g/mol. The Kier molecular flexibility index (Phi) is 2.16. The number of aryl methyl sites for hydroxylation is 1. The van der Waals surface area contributed by atoms with Crippen molar-refractivity contribution in [3.8, 4) is 0 Å². The first-order valence-electron chi connectivity index (χ1n) is 5.47. The van der Waals surface area contributed by atoms with Gasteiger partial charge in [-0.2, -0.15) is 5.10 Å². The Morgan fingerprint density at radius 1 is 1.56 bits per heavy atom. The molecule has 3 heterocycles. The van der Waals surface area contributed by atoms with E-state index in [1.165, 1.54) is 16.0 Å². The molecule has 2 aromatic rings. The second-order valence-electron chi connectivity index (χ2n) is 4.61. The molecule has 0 amide bonds. The Labute approximate surface area is 99.1 Å². The number of rotatable bonds is 1. The number of hydrogen-bond acceptors (Lipinski definition) is 3. The van der Waals surface area contributed by atoms with Crippen LogP contribution in [0, 0.1) is 0 Å². The SMILES string of the molecule is Cn1cc(C2(C)CNCc3ccsc32)cn1. The lowest BCUT2D eigenvalue weighted by molar-refractivity contribution is 0.474. The van der Waals surface area contributed by atoms with Crippen LogP contribution in [0.2, 0.25) is 0 Å². The molecule has 16 heavy (non-hydrogen) atoms. The maximum absolute atomic E-state index is 4.29. The first-order chi connectivity index (χ1) is 7.70. The number of thiophene rings is 1. The zero-order chi connectivity index (χ0) is 11.2. The van der Waals surface area contributed by atoms with Crippen molar-refractivity contribution in [3.63, 3.8) is 0 Å². The standard InChI is InChI=1S/C12H15N3S/c1-12(10-6-14-15(2)7-10)8-13-5-9-3-4-16-11(9)12/h3-4,6-7,13H,5,8H2,1-2H3. The van der Waals surface area contributed by atoms with Crippen molar-refractivity contribution >= 4 is 11.3 Å². The molecule has 0 aromatic carbocycles. The number of fused-ring (bicyclic) bond motifs is 1. The summed E-state index contributed by atoms with van der Waals surface area (Å²) < 4.78 is 1.88. The summed E-state index contributed by atoms with van der Waals surface area (Å²) in [6, 6.07) is 2.22. The minimum absolute atomic E-state index is 0.0794. The molecule has 4 heteroatoms. The third-order valence-corrected chi connectivity index (χ3v) is 4.60. The third-order valence-electron chi connectivity index (χ3n) is 3.38. The molecule has 0 bridgehead atoms. The van der Waals surface area contributed by atoms with Crippen LogP contribution in [0.4, 0.5) is 0 Å². The Hall–Kier alpha value is -1.13. The van der Waals surface area contributed by atoms with Gasteiger partial charge in [-0.05, 0) is 23.9 Å². The predicted molar refractivity (Wildman–Crippen MR) is 65.7 cm³/mol. The van der Waals surface area contributed by atoms with Crippen LogP contribution in [0.15, 0.2) is 23.8 Å². The fourth-order valence-corrected chi connectivity index (χ4v) is 3.54. The van der Waals surface area contributed by atoms with Crippen molar-refractivity contribution in [1.29, 1.82) is 0 Å². The Balaban J connectivity index is 2.13. The molecular weight excluding hydrogens is 218 g/mol. The lowest BCUT2D eigenvalue weighted by Gasteiger charge is -2.33. The highest BCUT2D eigenvalue weighted by atomic mass is 32.1. The van der Waals surface area contributed by atoms with E-state index in [1.807, 2.05) is 29.3 Å². The number of nitrogens with one attached hydrogen (secondary N) is 1. The average Bonchev–Trinajstić information content (AvgIpc) is 2.87. The van der Waals surface area contributed by atoms with Gasteiger partial charge in [0.1, 0.15) is 0 Å². The molecule has 0 aliphatic carbocycles. The van der Waals surface area contributed by atoms with E-state index in [9.17, 15) is 0 Å². The fourth-order valence-electron chi connectivity index (χ4n) is 2.43. The maximum atomic E-state index is 4.29. The van der Waals surface area contributed by atoms with Gasteiger partial charge in [0.2, 0.25) is 0 Å². The van der Waals surface area contributed by atoms with E-state index in [4.69, 9.17) is 0 Å². The van der Waals surface area contributed by atoms with Gasteiger partial charge in [0.05, 0.1) is 6.20 Å². The molecule has 84 valence electrons. The van der Waals surface area contributed by atoms with Crippen molar-refractivity contribution < 1.29 is 0 Å². The summed E-state index contributed by atoms with van der Waals surface area (Å²) >= 11 is 1.86. The summed E-state index contributed by atoms with van der Waals surface area (Å²) in [4.78, 5) is 1.49. The molecule has 1 aliphatic rings. The van der Waals surface area contributed by atoms with Gasteiger partial charge in [-0.3, -0.25) is 4.68 Å². The van der Waals surface area contributed by atoms with Gasteiger partial charge < -0.3 is 5.32 Å². The monoisotopic (exact) mass is 233 g/mol. The minimum atomic E-state index is 0.0794. The summed E-state index contributed by atoms with van der Waals surface area (Å²) in [6.45, 7) is 4.28. The number of nitrogens with zero attached hydrogens (tertiary/aromatic N) is 2. The van der Waals surface area contributed by atoms with Crippen LogP contribution in [0.25, 0.3) is 0 Å². The van der Waals surface area contributed by atoms with Gasteiger partial charge in [0.15, 0.2) is 0 Å². The van der Waals surface area contributed by atoms with Crippen LogP contribution in [0.3, 0.4) is 0 Å². The van der Waals surface area contributed by atoms with E-state index in [0.29, 0.717) is 0 Å². The molecule has 3 nitrogen and oxygen atoms in total. The Bertz CT molecular complexity index is 514. The third kappa shape index (κ3) is 1.33. The van der Waals surface area contributed by atoms with Gasteiger partial charge >= 0.3 is 0 Å². The topological polar surface area (TPSA) is 29.9 Å². The van der Waals surface area contributed by atoms with Crippen molar-refractivity contribution in [3.05, 3.63) is 39.8 Å². The summed E-state index contributed by atoms with van der Waals surface area (Å²) in [5.41, 5.74) is 2.81. The Morgan fingerprint density at radius 3 is 3.19 bits per heavy atom. The highest BCUT2D eigenvalue weighted by Gasteiger charge is 2.35. The van der Waals surface area contributed by atoms with Crippen molar-refractivity contribution in [2.75, 3.05) is 6.54 Å². The molecule has 1 atom stereocenters. The molecule has 0 saturated heterocycles. The molecule has 1 aliphatic heterocycles. The van der Waals surface area contributed by atoms with Gasteiger partial charge in [0, 0.05) is 42.2 Å². The normalized spacial score (nSPS) is 24.4. The van der Waals surface area contributed by atoms with Crippen LogP contribution in [0.5, 0.6) is 0 Å². The van der Waals surface area contributed by atoms with Crippen molar-refractivity contribution in [2.24, 2.45) is 7.05 Å². The van der Waals surface area contributed by atoms with E-state index in [0.717, 1.165) is 13.1 Å². The van der Waals surface area contributed by atoms with E-state index in [2.05, 4.69) is 35.0 Å². The summed E-state index contributed by atoms with van der Waals surface area (Å²) in [7, 11) is 1.97. The molecule has 1 unspecified atom stereocenters. The molecule has 0 fully saturated rings. The summed E-state index contributed by atoms with van der Waals surface area (Å²) in [5, 5.41) is 9.97. The molecule has 0 radical (unpaired) electrons. The zero-order valence-electron chi connectivity index (χ0n) is 9.53. The van der Waals surface area contributed by atoms with Gasteiger partial charge in [-0.15, -0.1) is 11.3 Å². The summed E-state index contributed by atoms with van der Waals surface area (Å²) in [6.07, 6.45) is 4.10. The van der Waals surface area contributed by atoms with E-state index >= 15 is 0 Å². The molecule has 0 saturated carbocycles. The molecular formula is C12H15N3S. The van der Waals surface area contributed by atoms with Gasteiger partial charge in [-0.1, -0.05) is 0 Å². The molecule has 2 aromatic heterocycles. The van der Waals surface area contributed by atoms with E-state index in [1.54, 1.807) is 0 Å². The number of hydrogen-bond donors (Lipinski definition) is 1. The van der Waals surface area contributed by atoms with Gasteiger partial charge in [0.25, 0.3) is 0 Å². The zero-order valence-corrected chi connectivity index (χ0v) is 10.3. The minimum Gasteiger partial charge on any atom is -0.311 e. The lowest BCUT2D eigenvalue weighted by atomic mass is 9.79. The van der Waals surface area contributed by atoms with E-state index in [-0.39, 0.29) is 5.41 Å². The predicted octanol–water partition coefficient (Wildman–Crippen LogP) is 1.89. The van der Waals surface area contributed by atoms with Crippen LogP contribution in [-0.2, 0) is 19.0 Å². The largest absolute Gasteiger partial charge is 0.311 e. The highest BCUT2D eigenvalue weighted by Crippen LogP contribution is 2.39. The van der Waals surface area contributed by atoms with Crippen LogP contribution in [0.1, 0.15) is 22.9 Å². The number of aromatic nitrogens is 2. The summed E-state index contributed by atoms with van der Waals surface area (Å²) in [5.74, 6) is 0. The van der Waals surface area contributed by atoms with Crippen LogP contribution in [-0.4, -0.2) is 16.3 Å². The van der Waals surface area contributed by atoms with Crippen LogP contribution >= 0.6 is 11.3 Å². The van der Waals surface area contributed by atoms with Crippen LogP contribution < -0.4 is 5.32 Å². The molecule has 3 rings (SSSR count). The highest BCUT2D eigenvalue weighted by molar-refractivity contribution is 7.10. The van der Waals surface area contributed by atoms with E-state index < -0.39 is 0 Å². The van der Waals surface area contributed by atoms with Gasteiger partial charge in [-0.25, -0.2) is 0 Å².